The van der Waals surface area contributed by atoms with E-state index in [-0.39, 0.29) is 11.0 Å². The standard InChI is InChI=1S/C27H25N5O3S.C22H25BrN4O3/c28-36(34,35)25-10-9-22(21-3-1-2-4-23(21)25)24-16-31-32-17-19(15-30-26(24)32)18-5-7-20(8-6-18)27(33)11-13-29-14-12-27;1-21(2,3)30-20(28)26-10-8-22(29,9-11-26)17-6-4-15(5-7-17)16-12-24-19-18(23)13-25-27(19)14-16/h1-10,15-17,29,33H,11-14H2,(H2,28,34,35);4-7,12-14,29H,8-11H2,1-3H3. The number of nitrogens with one attached hydrogen (secondary N) is 1. The Bertz CT molecular complexity index is 3190. The first-order valence-electron chi connectivity index (χ1n) is 21.7. The number of aliphatic hydroxyl groups is 2. The molecule has 0 atom stereocenters. The smallest absolute Gasteiger partial charge is 0.410 e. The predicted molar refractivity (Wildman–Crippen MR) is 256 cm³/mol. The number of fused-ring (bicyclic) bond motifs is 3. The van der Waals surface area contributed by atoms with Gasteiger partial charge in [-0.2, -0.15) is 10.2 Å². The Balaban J connectivity index is 0.000000169. The number of hydrogen-bond donors (Lipinski definition) is 4. The lowest BCUT2D eigenvalue weighted by atomic mass is 9.84. The molecule has 6 heterocycles. The summed E-state index contributed by atoms with van der Waals surface area (Å²) in [5.41, 5.74) is 6.38. The number of nitrogens with two attached hydrogens (primary N) is 1. The monoisotopic (exact) mass is 971 g/mol. The van der Waals surface area contributed by atoms with Crippen LogP contribution >= 0.6 is 15.9 Å². The molecule has 2 saturated heterocycles. The van der Waals surface area contributed by atoms with Gasteiger partial charge in [-0.15, -0.1) is 0 Å². The molecule has 10 rings (SSSR count). The fourth-order valence-electron chi connectivity index (χ4n) is 8.71. The first-order chi connectivity index (χ1) is 31.5. The summed E-state index contributed by atoms with van der Waals surface area (Å²) in [5, 5.41) is 41.0. The van der Waals surface area contributed by atoms with Gasteiger partial charge in [-0.3, -0.25) is 0 Å². The maximum absolute atomic E-state index is 12.3. The van der Waals surface area contributed by atoms with Gasteiger partial charge in [0.15, 0.2) is 11.3 Å². The lowest BCUT2D eigenvalue weighted by molar-refractivity contribution is -0.0356. The van der Waals surface area contributed by atoms with Crippen molar-refractivity contribution in [1.82, 2.24) is 39.4 Å². The van der Waals surface area contributed by atoms with Crippen LogP contribution in [0.2, 0.25) is 0 Å². The van der Waals surface area contributed by atoms with Gasteiger partial charge in [-0.1, -0.05) is 78.9 Å². The molecule has 1 amide bonds. The zero-order valence-electron chi connectivity index (χ0n) is 36.7. The largest absolute Gasteiger partial charge is 0.444 e. The zero-order chi connectivity index (χ0) is 46.4. The van der Waals surface area contributed by atoms with E-state index >= 15 is 0 Å². The Morgan fingerprint density at radius 1 is 0.697 bits per heavy atom. The molecule has 2 fully saturated rings. The van der Waals surface area contributed by atoms with Crippen molar-refractivity contribution in [1.29, 1.82) is 0 Å². The number of aromatic nitrogens is 6. The third kappa shape index (κ3) is 9.19. The summed E-state index contributed by atoms with van der Waals surface area (Å²) in [6.07, 6.45) is 12.9. The lowest BCUT2D eigenvalue weighted by Crippen LogP contribution is -2.46. The van der Waals surface area contributed by atoms with E-state index in [2.05, 4.69) is 36.4 Å². The first-order valence-corrected chi connectivity index (χ1v) is 24.0. The number of nitrogens with zero attached hydrogens (tertiary/aromatic N) is 7. The lowest BCUT2D eigenvalue weighted by Gasteiger charge is -2.39. The summed E-state index contributed by atoms with van der Waals surface area (Å²) in [7, 11) is -3.86. The molecule has 0 unspecified atom stereocenters. The van der Waals surface area contributed by atoms with Gasteiger partial charge in [0.25, 0.3) is 0 Å². The van der Waals surface area contributed by atoms with Crippen molar-refractivity contribution in [3.63, 3.8) is 0 Å². The molecule has 5 N–H and O–H groups in total. The number of rotatable bonds is 6. The highest BCUT2D eigenvalue weighted by Crippen LogP contribution is 2.37. The quantitative estimate of drug-likeness (QED) is 0.127. The summed E-state index contributed by atoms with van der Waals surface area (Å²) in [6, 6.07) is 26.4. The Morgan fingerprint density at radius 3 is 1.80 bits per heavy atom. The van der Waals surface area contributed by atoms with Crippen LogP contribution in [-0.2, 0) is 26.0 Å². The van der Waals surface area contributed by atoms with Crippen LogP contribution in [0.3, 0.4) is 0 Å². The number of ether oxygens (including phenoxy) is 1. The number of benzene rings is 4. The van der Waals surface area contributed by atoms with E-state index in [9.17, 15) is 23.4 Å². The summed E-state index contributed by atoms with van der Waals surface area (Å²) in [4.78, 5) is 23.2. The Kier molecular flexibility index (Phi) is 12.0. The molecule has 0 radical (unpaired) electrons. The number of halogens is 1. The Morgan fingerprint density at radius 2 is 1.23 bits per heavy atom. The molecule has 0 spiro atoms. The van der Waals surface area contributed by atoms with Crippen molar-refractivity contribution in [3.8, 4) is 33.4 Å². The van der Waals surface area contributed by atoms with Crippen LogP contribution in [0.25, 0.3) is 55.4 Å². The topological polar surface area (TPSA) is 203 Å². The first kappa shape index (κ1) is 45.1. The number of hydrogen-bond acceptors (Lipinski definition) is 11. The van der Waals surface area contributed by atoms with Gasteiger partial charge in [0, 0.05) is 60.0 Å². The third-order valence-electron chi connectivity index (χ3n) is 12.3. The molecule has 4 aromatic heterocycles. The molecule has 8 aromatic rings. The molecule has 340 valence electrons. The van der Waals surface area contributed by atoms with Gasteiger partial charge in [-0.05, 0) is 115 Å². The van der Waals surface area contributed by atoms with Crippen LogP contribution in [0.4, 0.5) is 4.79 Å². The molecular weight excluding hydrogens is 923 g/mol. The summed E-state index contributed by atoms with van der Waals surface area (Å²) >= 11 is 3.43. The minimum absolute atomic E-state index is 0.0890. The number of carbonyl (C=O) groups excluding carboxylic acids is 1. The molecule has 0 saturated carbocycles. The van der Waals surface area contributed by atoms with Crippen LogP contribution < -0.4 is 10.5 Å². The van der Waals surface area contributed by atoms with Crippen LogP contribution in [0.5, 0.6) is 0 Å². The van der Waals surface area contributed by atoms with E-state index in [1.807, 2.05) is 100 Å². The normalized spacial score (nSPS) is 16.3. The molecule has 0 aliphatic carbocycles. The van der Waals surface area contributed by atoms with E-state index < -0.39 is 26.8 Å². The van der Waals surface area contributed by atoms with Crippen molar-refractivity contribution in [2.75, 3.05) is 26.2 Å². The second-order valence-electron chi connectivity index (χ2n) is 17.9. The number of piperidine rings is 2. The average molecular weight is 973 g/mol. The minimum atomic E-state index is -3.86. The summed E-state index contributed by atoms with van der Waals surface area (Å²) in [6.45, 7) is 8.09. The fourth-order valence-corrected chi connectivity index (χ4v) is 9.83. The highest BCUT2D eigenvalue weighted by molar-refractivity contribution is 9.10. The maximum atomic E-state index is 12.3. The molecule has 0 bridgehead atoms. The second-order valence-corrected chi connectivity index (χ2v) is 20.3. The Hall–Kier alpha value is -6.08. The second kappa shape index (κ2) is 17.6. The minimum Gasteiger partial charge on any atom is -0.444 e. The number of carbonyl (C=O) groups is 1. The van der Waals surface area contributed by atoms with Crippen molar-refractivity contribution >= 4 is 54.1 Å². The third-order valence-corrected chi connectivity index (χ3v) is 13.9. The highest BCUT2D eigenvalue weighted by Gasteiger charge is 2.37. The predicted octanol–water partition coefficient (Wildman–Crippen LogP) is 7.81. The molecule has 17 heteroatoms. The number of likely N-dealkylation sites (tertiary alicyclic amines) is 1. The van der Waals surface area contributed by atoms with Crippen LogP contribution in [-0.4, -0.2) is 90.6 Å². The van der Waals surface area contributed by atoms with Gasteiger partial charge >= 0.3 is 6.09 Å². The molecule has 2 aliphatic rings. The van der Waals surface area contributed by atoms with Crippen molar-refractivity contribution in [3.05, 3.63) is 138 Å². The van der Waals surface area contributed by atoms with Gasteiger partial charge in [0.2, 0.25) is 10.0 Å². The Labute approximate surface area is 390 Å². The number of primary sulfonamides is 1. The fraction of sp³-hybridized carbons (Fsp3) is 0.286. The highest BCUT2D eigenvalue weighted by atomic mass is 79.9. The van der Waals surface area contributed by atoms with E-state index in [4.69, 9.17) is 14.9 Å². The molecular formula is C49H50BrN9O6S. The van der Waals surface area contributed by atoms with Crippen molar-refractivity contribution in [2.45, 2.75) is 68.2 Å². The SMILES string of the molecule is CC(C)(C)OC(=O)N1CCC(O)(c2ccc(-c3cnc4c(Br)cnn4c3)cc2)CC1.NS(=O)(=O)c1ccc(-c2cnn3cc(-c4ccc(C5(O)CCNCC5)cc4)cnc23)c2ccccc12. The summed E-state index contributed by atoms with van der Waals surface area (Å²) in [5.74, 6) is 0. The molecule has 66 heavy (non-hydrogen) atoms. The molecule has 2 aliphatic heterocycles. The van der Waals surface area contributed by atoms with Gasteiger partial charge < -0.3 is 25.2 Å². The number of sulfonamides is 1. The van der Waals surface area contributed by atoms with Gasteiger partial charge in [0.05, 0.1) is 33.0 Å². The van der Waals surface area contributed by atoms with E-state index in [1.165, 1.54) is 6.07 Å². The molecule has 4 aromatic carbocycles. The van der Waals surface area contributed by atoms with Crippen molar-refractivity contribution < 1.29 is 28.2 Å². The summed E-state index contributed by atoms with van der Waals surface area (Å²) < 4.78 is 33.9. The molecule has 15 nitrogen and oxygen atoms in total. The van der Waals surface area contributed by atoms with E-state index in [1.54, 1.807) is 50.7 Å². The van der Waals surface area contributed by atoms with Crippen LogP contribution in [0.1, 0.15) is 57.6 Å². The maximum Gasteiger partial charge on any atom is 0.410 e. The van der Waals surface area contributed by atoms with Crippen LogP contribution in [0.15, 0.2) is 131 Å². The van der Waals surface area contributed by atoms with Gasteiger partial charge in [0.1, 0.15) is 5.60 Å². The van der Waals surface area contributed by atoms with Crippen molar-refractivity contribution in [2.24, 2.45) is 5.14 Å². The number of amides is 1. The van der Waals surface area contributed by atoms with Crippen LogP contribution in [0, 0.1) is 0 Å². The van der Waals surface area contributed by atoms with Gasteiger partial charge in [-0.25, -0.2) is 37.4 Å². The average Bonchev–Trinajstić information content (AvgIpc) is 3.91. The zero-order valence-corrected chi connectivity index (χ0v) is 39.1. The van der Waals surface area contributed by atoms with E-state index in [0.29, 0.717) is 49.8 Å². The van der Waals surface area contributed by atoms with E-state index in [0.717, 1.165) is 73.1 Å².